The van der Waals surface area contributed by atoms with E-state index in [0.717, 1.165) is 11.3 Å². The molecular weight excluding hydrogens is 220 g/mol. The van der Waals surface area contributed by atoms with Crippen molar-refractivity contribution in [3.8, 4) is 0 Å². The summed E-state index contributed by atoms with van der Waals surface area (Å²) < 4.78 is 5.30. The van der Waals surface area contributed by atoms with Crippen LogP contribution in [0.25, 0.3) is 0 Å². The molecule has 2 amide bonds. The molecule has 0 atom stereocenters. The number of nitrogens with one attached hydrogen (secondary N) is 1. The highest BCUT2D eigenvalue weighted by Gasteiger charge is 2.13. The van der Waals surface area contributed by atoms with E-state index in [2.05, 4.69) is 5.32 Å². The lowest BCUT2D eigenvalue weighted by Gasteiger charge is -2.16. The fourth-order valence-electron chi connectivity index (χ4n) is 1.72. The number of nitrogens with zero attached hydrogens (tertiary/aromatic N) is 1. The van der Waals surface area contributed by atoms with Crippen molar-refractivity contribution in [2.45, 2.75) is 13.2 Å². The predicted molar refractivity (Wildman–Crippen MR) is 63.7 cm³/mol. The number of ether oxygens (including phenoxy) is 1. The number of aliphatic hydroxyl groups excluding tert-OH is 1. The van der Waals surface area contributed by atoms with Crippen molar-refractivity contribution < 1.29 is 14.6 Å². The normalized spacial score (nSPS) is 13.3. The number of hydrogen-bond donors (Lipinski definition) is 2. The Kier molecular flexibility index (Phi) is 3.61. The molecule has 0 saturated carbocycles. The van der Waals surface area contributed by atoms with Crippen LogP contribution in [-0.2, 0) is 18.0 Å². The summed E-state index contributed by atoms with van der Waals surface area (Å²) in [6, 6.07) is 5.52. The van der Waals surface area contributed by atoms with Gasteiger partial charge in [0.1, 0.15) is 0 Å². The van der Waals surface area contributed by atoms with Gasteiger partial charge in [-0.2, -0.15) is 0 Å². The lowest BCUT2D eigenvalue weighted by molar-refractivity contribution is 0.134. The highest BCUT2D eigenvalue weighted by atomic mass is 16.5. The molecule has 92 valence electrons. The van der Waals surface area contributed by atoms with Crippen molar-refractivity contribution in [1.29, 1.82) is 0 Å². The van der Waals surface area contributed by atoms with E-state index < -0.39 is 0 Å². The van der Waals surface area contributed by atoms with Crippen LogP contribution in [-0.4, -0.2) is 36.2 Å². The van der Waals surface area contributed by atoms with Gasteiger partial charge in [0, 0.05) is 19.3 Å². The van der Waals surface area contributed by atoms with Gasteiger partial charge in [-0.15, -0.1) is 0 Å². The van der Waals surface area contributed by atoms with E-state index in [1.165, 1.54) is 10.5 Å². The Morgan fingerprint density at radius 3 is 3.00 bits per heavy atom. The molecule has 0 fully saturated rings. The maximum atomic E-state index is 11.7. The van der Waals surface area contributed by atoms with Crippen LogP contribution >= 0.6 is 0 Å². The lowest BCUT2D eigenvalue weighted by atomic mass is 10.1. The van der Waals surface area contributed by atoms with Crippen LogP contribution in [0.3, 0.4) is 0 Å². The number of fused-ring (bicyclic) bond motifs is 1. The van der Waals surface area contributed by atoms with Crippen LogP contribution in [0.1, 0.15) is 11.1 Å². The topological polar surface area (TPSA) is 61.8 Å². The molecule has 1 aromatic carbocycles. The molecule has 2 rings (SSSR count). The predicted octanol–water partition coefficient (Wildman–Crippen LogP) is 1.17. The summed E-state index contributed by atoms with van der Waals surface area (Å²) in [7, 11) is 1.64. The first-order chi connectivity index (χ1) is 8.20. The number of aliphatic hydroxyl groups is 1. The Labute approximate surface area is 100.0 Å². The molecule has 5 nitrogen and oxygen atoms in total. The number of amides is 2. The molecule has 0 saturated heterocycles. The van der Waals surface area contributed by atoms with Gasteiger partial charge in [0.05, 0.1) is 19.8 Å². The molecule has 0 spiro atoms. The van der Waals surface area contributed by atoms with Crippen LogP contribution in [0.15, 0.2) is 18.2 Å². The van der Waals surface area contributed by atoms with E-state index in [1.807, 2.05) is 18.2 Å². The van der Waals surface area contributed by atoms with E-state index in [0.29, 0.717) is 19.8 Å². The van der Waals surface area contributed by atoms with Gasteiger partial charge in [-0.3, -0.25) is 0 Å². The van der Waals surface area contributed by atoms with Crippen LogP contribution in [0.5, 0.6) is 0 Å². The fraction of sp³-hybridized carbons (Fsp3) is 0.417. The van der Waals surface area contributed by atoms with E-state index in [9.17, 15) is 4.79 Å². The first-order valence-corrected chi connectivity index (χ1v) is 5.53. The Bertz CT molecular complexity index is 420. The van der Waals surface area contributed by atoms with Crippen LogP contribution < -0.4 is 5.32 Å². The number of hydrogen-bond acceptors (Lipinski definition) is 3. The van der Waals surface area contributed by atoms with E-state index in [1.54, 1.807) is 7.05 Å². The first-order valence-electron chi connectivity index (χ1n) is 5.53. The second-order valence-corrected chi connectivity index (χ2v) is 4.05. The third kappa shape index (κ3) is 2.75. The van der Waals surface area contributed by atoms with Crippen molar-refractivity contribution in [1.82, 2.24) is 4.90 Å². The largest absolute Gasteiger partial charge is 0.395 e. The molecule has 1 aromatic rings. The minimum atomic E-state index is -0.224. The zero-order chi connectivity index (χ0) is 12.3. The quantitative estimate of drug-likeness (QED) is 0.828. The first kappa shape index (κ1) is 11.9. The van der Waals surface area contributed by atoms with Gasteiger partial charge in [0.25, 0.3) is 0 Å². The van der Waals surface area contributed by atoms with Crippen molar-refractivity contribution in [3.63, 3.8) is 0 Å². The van der Waals surface area contributed by atoms with Crippen LogP contribution in [0, 0.1) is 0 Å². The Hall–Kier alpha value is -1.59. The van der Waals surface area contributed by atoms with Gasteiger partial charge < -0.3 is 20.1 Å². The molecule has 1 aliphatic rings. The van der Waals surface area contributed by atoms with Gasteiger partial charge in [-0.25, -0.2) is 4.79 Å². The summed E-state index contributed by atoms with van der Waals surface area (Å²) in [6.07, 6.45) is 0. The Morgan fingerprint density at radius 1 is 1.47 bits per heavy atom. The van der Waals surface area contributed by atoms with Gasteiger partial charge in [0.15, 0.2) is 0 Å². The molecular formula is C12H16N2O3. The third-order valence-corrected chi connectivity index (χ3v) is 2.75. The van der Waals surface area contributed by atoms with Crippen molar-refractivity contribution in [2.24, 2.45) is 0 Å². The SMILES string of the molecule is CN(CCO)C(=O)Nc1ccc2c(c1)COC2. The maximum absolute atomic E-state index is 11.7. The summed E-state index contributed by atoms with van der Waals surface area (Å²) in [4.78, 5) is 13.1. The minimum absolute atomic E-state index is 0.0397. The van der Waals surface area contributed by atoms with Crippen LogP contribution in [0.4, 0.5) is 10.5 Å². The highest BCUT2D eigenvalue weighted by Crippen LogP contribution is 2.23. The summed E-state index contributed by atoms with van der Waals surface area (Å²) >= 11 is 0. The van der Waals surface area contributed by atoms with Crippen molar-refractivity contribution >= 4 is 11.7 Å². The molecule has 0 radical (unpaired) electrons. The van der Waals surface area contributed by atoms with Gasteiger partial charge >= 0.3 is 6.03 Å². The molecule has 0 aromatic heterocycles. The summed E-state index contributed by atoms with van der Waals surface area (Å²) in [5, 5.41) is 11.5. The summed E-state index contributed by atoms with van der Waals surface area (Å²) in [6.45, 7) is 1.53. The third-order valence-electron chi connectivity index (χ3n) is 2.75. The van der Waals surface area contributed by atoms with Crippen molar-refractivity contribution in [3.05, 3.63) is 29.3 Å². The number of carbonyl (C=O) groups excluding carboxylic acids is 1. The number of likely N-dealkylation sites (N-methyl/N-ethyl adjacent to an activating group) is 1. The zero-order valence-corrected chi connectivity index (χ0v) is 9.77. The number of rotatable bonds is 3. The van der Waals surface area contributed by atoms with E-state index >= 15 is 0 Å². The average molecular weight is 236 g/mol. The Morgan fingerprint density at radius 2 is 2.24 bits per heavy atom. The number of carbonyl (C=O) groups is 1. The van der Waals surface area contributed by atoms with E-state index in [4.69, 9.17) is 9.84 Å². The molecule has 17 heavy (non-hydrogen) atoms. The molecule has 2 N–H and O–H groups in total. The fourth-order valence-corrected chi connectivity index (χ4v) is 1.72. The van der Waals surface area contributed by atoms with Crippen LogP contribution in [0.2, 0.25) is 0 Å². The second-order valence-electron chi connectivity index (χ2n) is 4.05. The van der Waals surface area contributed by atoms with Gasteiger partial charge in [-0.1, -0.05) is 6.07 Å². The maximum Gasteiger partial charge on any atom is 0.321 e. The van der Waals surface area contributed by atoms with Gasteiger partial charge in [0.2, 0.25) is 0 Å². The van der Waals surface area contributed by atoms with E-state index in [-0.39, 0.29) is 12.6 Å². The van der Waals surface area contributed by atoms with Crippen molar-refractivity contribution in [2.75, 3.05) is 25.5 Å². The standard InChI is InChI=1S/C12H16N2O3/c1-14(4-5-15)12(16)13-11-3-2-9-7-17-8-10(9)6-11/h2-3,6,15H,4-5,7-8H2,1H3,(H,13,16). The minimum Gasteiger partial charge on any atom is -0.395 e. The number of urea groups is 1. The number of anilines is 1. The zero-order valence-electron chi connectivity index (χ0n) is 9.77. The highest BCUT2D eigenvalue weighted by molar-refractivity contribution is 5.89. The molecule has 0 unspecified atom stereocenters. The molecule has 1 aliphatic heterocycles. The smallest absolute Gasteiger partial charge is 0.321 e. The molecule has 0 bridgehead atoms. The molecule has 5 heteroatoms. The lowest BCUT2D eigenvalue weighted by Crippen LogP contribution is -2.33. The second kappa shape index (κ2) is 5.16. The number of benzene rings is 1. The van der Waals surface area contributed by atoms with Gasteiger partial charge in [-0.05, 0) is 23.3 Å². The molecule has 1 heterocycles. The summed E-state index contributed by atoms with van der Waals surface area (Å²) in [5.74, 6) is 0. The average Bonchev–Trinajstić information content (AvgIpc) is 2.76. The summed E-state index contributed by atoms with van der Waals surface area (Å²) in [5.41, 5.74) is 3.04. The molecule has 0 aliphatic carbocycles. The Balaban J connectivity index is 2.01. The monoisotopic (exact) mass is 236 g/mol.